The highest BCUT2D eigenvalue weighted by molar-refractivity contribution is 7.71. The average Bonchev–Trinajstić information content (AvgIpc) is 3.13. The molecular formula is C18H14FN7O2S. The third-order valence-corrected chi connectivity index (χ3v) is 4.80. The maximum absolute atomic E-state index is 14.2. The summed E-state index contributed by atoms with van der Waals surface area (Å²) in [4.78, 5) is 27.8. The Morgan fingerprint density at radius 1 is 1.24 bits per heavy atom. The fraction of sp³-hybridized carbons (Fsp3) is 0.111. The van der Waals surface area contributed by atoms with Crippen LogP contribution >= 0.6 is 12.2 Å². The zero-order valence-electron chi connectivity index (χ0n) is 15.3. The number of tetrazole rings is 1. The molecule has 2 aromatic heterocycles. The lowest BCUT2D eigenvalue weighted by atomic mass is 10.1. The molecule has 0 spiro atoms. The van der Waals surface area contributed by atoms with E-state index in [-0.39, 0.29) is 16.0 Å². The first-order valence-corrected chi connectivity index (χ1v) is 8.85. The number of carbonyl (C=O) groups is 1. The highest BCUT2D eigenvalue weighted by Gasteiger charge is 2.13. The van der Waals surface area contributed by atoms with Crippen molar-refractivity contribution in [2.45, 2.75) is 6.92 Å². The summed E-state index contributed by atoms with van der Waals surface area (Å²) in [5.41, 5.74) is 0.973. The maximum Gasteiger partial charge on any atom is 0.261 e. The molecule has 0 bridgehead atoms. The summed E-state index contributed by atoms with van der Waals surface area (Å²) in [6.45, 7) is 1.63. The number of halogens is 1. The van der Waals surface area contributed by atoms with Crippen LogP contribution in [0.4, 0.5) is 10.1 Å². The van der Waals surface area contributed by atoms with Crippen molar-refractivity contribution in [3.05, 3.63) is 68.7 Å². The van der Waals surface area contributed by atoms with E-state index >= 15 is 0 Å². The van der Waals surface area contributed by atoms with E-state index in [0.717, 1.165) is 0 Å². The second kappa shape index (κ2) is 7.02. The fourth-order valence-electron chi connectivity index (χ4n) is 2.86. The number of hydrogen-bond acceptors (Lipinski definition) is 6. The van der Waals surface area contributed by atoms with Crippen LogP contribution in [0.15, 0.2) is 41.2 Å². The van der Waals surface area contributed by atoms with Gasteiger partial charge in [0.1, 0.15) is 11.5 Å². The van der Waals surface area contributed by atoms with Crippen LogP contribution in [0.25, 0.3) is 16.6 Å². The Kier molecular flexibility index (Phi) is 4.51. The lowest BCUT2D eigenvalue weighted by Gasteiger charge is -2.10. The van der Waals surface area contributed by atoms with E-state index in [4.69, 9.17) is 12.2 Å². The Hall–Kier alpha value is -3.73. The molecule has 2 aromatic carbocycles. The maximum atomic E-state index is 14.2. The summed E-state index contributed by atoms with van der Waals surface area (Å²) < 4.78 is 17.0. The first-order chi connectivity index (χ1) is 13.8. The number of aryl methyl sites for hydroxylation is 1. The van der Waals surface area contributed by atoms with Gasteiger partial charge in [-0.05, 0) is 66.0 Å². The van der Waals surface area contributed by atoms with Gasteiger partial charge in [0.2, 0.25) is 0 Å². The number of H-pyrrole nitrogens is 1. The van der Waals surface area contributed by atoms with Crippen LogP contribution < -0.4 is 10.9 Å². The Morgan fingerprint density at radius 3 is 2.76 bits per heavy atom. The molecule has 0 unspecified atom stereocenters. The van der Waals surface area contributed by atoms with E-state index in [1.165, 1.54) is 39.6 Å². The van der Waals surface area contributed by atoms with Crippen LogP contribution in [0, 0.1) is 17.5 Å². The molecule has 4 aromatic rings. The van der Waals surface area contributed by atoms with Gasteiger partial charge in [-0.3, -0.25) is 14.2 Å². The van der Waals surface area contributed by atoms with E-state index in [1.54, 1.807) is 20.0 Å². The topological polar surface area (TPSA) is 110 Å². The lowest BCUT2D eigenvalue weighted by Crippen LogP contribution is -2.19. The molecule has 0 aliphatic rings. The van der Waals surface area contributed by atoms with Crippen LogP contribution in [-0.4, -0.2) is 35.7 Å². The molecule has 1 amide bonds. The lowest BCUT2D eigenvalue weighted by molar-refractivity contribution is 0.102. The predicted molar refractivity (Wildman–Crippen MR) is 106 cm³/mol. The third-order valence-electron chi connectivity index (χ3n) is 4.42. The Morgan fingerprint density at radius 2 is 2.03 bits per heavy atom. The monoisotopic (exact) mass is 411 g/mol. The summed E-state index contributed by atoms with van der Waals surface area (Å²) in [5, 5.41) is 14.1. The number of anilines is 1. The van der Waals surface area contributed by atoms with Crippen molar-refractivity contribution in [2.75, 3.05) is 5.32 Å². The standard InChI is InChI=1S/C18H14FN7O2S/c1-9-22-23-24-26(9)15-8-11(4-6-13(15)19)20-16(27)10-3-5-12-14(7-10)21-18(29)25(2)17(12)28/h3-8H,1-2H3,(H,20,27)(H,21,29). The van der Waals surface area contributed by atoms with E-state index in [9.17, 15) is 14.0 Å². The first kappa shape index (κ1) is 18.6. The average molecular weight is 411 g/mol. The number of amides is 1. The zero-order valence-corrected chi connectivity index (χ0v) is 16.1. The smallest absolute Gasteiger partial charge is 0.261 e. The zero-order chi connectivity index (χ0) is 20.7. The Labute approximate surface area is 167 Å². The van der Waals surface area contributed by atoms with Crippen molar-refractivity contribution < 1.29 is 9.18 Å². The number of fused-ring (bicyclic) bond motifs is 1. The molecule has 0 saturated heterocycles. The molecule has 4 rings (SSSR count). The van der Waals surface area contributed by atoms with Crippen molar-refractivity contribution in [1.29, 1.82) is 0 Å². The predicted octanol–water partition coefficient (Wildman–Crippen LogP) is 2.27. The van der Waals surface area contributed by atoms with E-state index in [0.29, 0.717) is 28.0 Å². The van der Waals surface area contributed by atoms with Gasteiger partial charge in [-0.25, -0.2) is 4.39 Å². The highest BCUT2D eigenvalue weighted by atomic mass is 32.1. The third kappa shape index (κ3) is 3.31. The molecule has 11 heteroatoms. The van der Waals surface area contributed by atoms with Gasteiger partial charge in [0, 0.05) is 18.3 Å². The number of aromatic amines is 1. The summed E-state index contributed by atoms with van der Waals surface area (Å²) in [5.74, 6) is -0.566. The van der Waals surface area contributed by atoms with Gasteiger partial charge < -0.3 is 10.3 Å². The number of hydrogen-bond donors (Lipinski definition) is 2. The molecule has 0 aliphatic heterocycles. The van der Waals surface area contributed by atoms with Crippen molar-refractivity contribution in [3.8, 4) is 5.69 Å². The fourth-order valence-corrected chi connectivity index (χ4v) is 3.05. The van der Waals surface area contributed by atoms with E-state index < -0.39 is 11.7 Å². The minimum atomic E-state index is -0.535. The quantitative estimate of drug-likeness (QED) is 0.501. The summed E-state index contributed by atoms with van der Waals surface area (Å²) in [7, 11) is 1.57. The molecule has 29 heavy (non-hydrogen) atoms. The van der Waals surface area contributed by atoms with Crippen LogP contribution in [0.2, 0.25) is 0 Å². The molecule has 2 heterocycles. The number of nitrogens with one attached hydrogen (secondary N) is 2. The molecule has 146 valence electrons. The first-order valence-electron chi connectivity index (χ1n) is 8.44. The summed E-state index contributed by atoms with van der Waals surface area (Å²) in [6, 6.07) is 8.71. The van der Waals surface area contributed by atoms with Crippen LogP contribution in [-0.2, 0) is 7.05 Å². The van der Waals surface area contributed by atoms with Crippen LogP contribution in [0.1, 0.15) is 16.2 Å². The van der Waals surface area contributed by atoms with Crippen LogP contribution in [0.3, 0.4) is 0 Å². The second-order valence-electron chi connectivity index (χ2n) is 6.31. The van der Waals surface area contributed by atoms with Crippen molar-refractivity contribution in [3.63, 3.8) is 0 Å². The van der Waals surface area contributed by atoms with Crippen molar-refractivity contribution >= 4 is 34.7 Å². The summed E-state index contributed by atoms with van der Waals surface area (Å²) in [6.07, 6.45) is 0. The number of carbonyl (C=O) groups excluding carboxylic acids is 1. The SMILES string of the molecule is Cc1nnnn1-c1cc(NC(=O)c2ccc3c(=O)n(C)c(=S)[nH]c3c2)ccc1F. The molecule has 0 atom stereocenters. The molecule has 2 N–H and O–H groups in total. The molecule has 9 nitrogen and oxygen atoms in total. The van der Waals surface area contributed by atoms with Crippen LogP contribution in [0.5, 0.6) is 0 Å². The second-order valence-corrected chi connectivity index (χ2v) is 6.70. The summed E-state index contributed by atoms with van der Waals surface area (Å²) >= 11 is 5.11. The highest BCUT2D eigenvalue weighted by Crippen LogP contribution is 2.20. The number of benzene rings is 2. The van der Waals surface area contributed by atoms with Gasteiger partial charge in [0.25, 0.3) is 11.5 Å². The van der Waals surface area contributed by atoms with Crippen molar-refractivity contribution in [1.82, 2.24) is 29.8 Å². The number of rotatable bonds is 3. The molecule has 0 aliphatic carbocycles. The van der Waals surface area contributed by atoms with Gasteiger partial charge in [-0.15, -0.1) is 5.10 Å². The molecule has 0 radical (unpaired) electrons. The van der Waals surface area contributed by atoms with Gasteiger partial charge in [-0.2, -0.15) is 4.68 Å². The van der Waals surface area contributed by atoms with Gasteiger partial charge >= 0.3 is 0 Å². The van der Waals surface area contributed by atoms with Gasteiger partial charge in [0.15, 0.2) is 10.6 Å². The minimum Gasteiger partial charge on any atom is -0.332 e. The normalized spacial score (nSPS) is 11.0. The van der Waals surface area contributed by atoms with E-state index in [1.807, 2.05) is 0 Å². The van der Waals surface area contributed by atoms with E-state index in [2.05, 4.69) is 25.8 Å². The van der Waals surface area contributed by atoms with Gasteiger partial charge in [0.05, 0.1) is 10.9 Å². The van der Waals surface area contributed by atoms with Gasteiger partial charge in [-0.1, -0.05) is 0 Å². The number of nitrogens with zero attached hydrogens (tertiary/aromatic N) is 5. The molecular weight excluding hydrogens is 397 g/mol. The Bertz CT molecular complexity index is 1390. The largest absolute Gasteiger partial charge is 0.332 e. The molecule has 0 saturated carbocycles. The molecule has 0 fully saturated rings. The Balaban J connectivity index is 1.68. The van der Waals surface area contributed by atoms with Crippen molar-refractivity contribution in [2.24, 2.45) is 7.05 Å². The minimum absolute atomic E-state index is 0.108. The number of aromatic nitrogens is 6.